The van der Waals surface area contributed by atoms with Crippen LogP contribution >= 0.6 is 11.3 Å². The molecule has 0 aliphatic rings. The van der Waals surface area contributed by atoms with Crippen molar-refractivity contribution >= 4 is 23.5 Å². The Kier molecular flexibility index (Phi) is 2.40. The van der Waals surface area contributed by atoms with Gasteiger partial charge in [-0.2, -0.15) is 0 Å². The lowest BCUT2D eigenvalue weighted by Gasteiger charge is -1.84. The zero-order valence-corrected chi connectivity index (χ0v) is 6.69. The second kappa shape index (κ2) is 3.32. The van der Waals surface area contributed by atoms with Gasteiger partial charge in [-0.3, -0.25) is 0 Å². The first kappa shape index (κ1) is 7.22. The van der Waals surface area contributed by atoms with E-state index >= 15 is 0 Å². The fourth-order valence-corrected chi connectivity index (χ4v) is 1.32. The first-order chi connectivity index (χ1) is 4.88. The van der Waals surface area contributed by atoms with E-state index in [2.05, 4.69) is 11.6 Å². The van der Waals surface area contributed by atoms with Crippen LogP contribution in [0.25, 0.3) is 12.2 Å². The molecule has 0 amide bonds. The number of nitrogens with zero attached hydrogens (tertiary/aromatic N) is 1. The molecule has 0 aliphatic heterocycles. The molecule has 0 unspecified atom stereocenters. The predicted octanol–water partition coefficient (Wildman–Crippen LogP) is 2.82. The molecule has 0 spiro atoms. The number of thiazole rings is 1. The quantitative estimate of drug-likeness (QED) is 0.633. The smallest absolute Gasteiger partial charge is 0.0808 e. The lowest BCUT2D eigenvalue weighted by molar-refractivity contribution is 1.37. The first-order valence-corrected chi connectivity index (χ1v) is 3.95. The molecule has 0 saturated carbocycles. The third kappa shape index (κ3) is 1.33. The van der Waals surface area contributed by atoms with Gasteiger partial charge < -0.3 is 0 Å². The van der Waals surface area contributed by atoms with Gasteiger partial charge in [0.2, 0.25) is 0 Å². The van der Waals surface area contributed by atoms with Gasteiger partial charge in [0.1, 0.15) is 0 Å². The molecule has 1 heterocycles. The average molecular weight is 151 g/mol. The Morgan fingerprint density at radius 1 is 1.70 bits per heavy atom. The molecule has 1 aromatic rings. The maximum atomic E-state index is 4.14. The van der Waals surface area contributed by atoms with Gasteiger partial charge in [0.15, 0.2) is 0 Å². The highest BCUT2D eigenvalue weighted by atomic mass is 32.1. The summed E-state index contributed by atoms with van der Waals surface area (Å²) in [7, 11) is 0. The molecule has 0 bridgehead atoms. The fourth-order valence-electron chi connectivity index (χ4n) is 0.700. The number of hydrogen-bond acceptors (Lipinski definition) is 2. The molecule has 0 N–H and O–H groups in total. The van der Waals surface area contributed by atoms with E-state index in [1.807, 2.05) is 30.7 Å². The molecule has 2 heteroatoms. The molecule has 52 valence electrons. The molecule has 0 aliphatic carbocycles. The van der Waals surface area contributed by atoms with Crippen LogP contribution in [0.4, 0.5) is 0 Å². The van der Waals surface area contributed by atoms with Gasteiger partial charge >= 0.3 is 0 Å². The topological polar surface area (TPSA) is 12.9 Å². The molecule has 0 aromatic carbocycles. The van der Waals surface area contributed by atoms with E-state index in [4.69, 9.17) is 0 Å². The van der Waals surface area contributed by atoms with Crippen LogP contribution in [0.3, 0.4) is 0 Å². The molecule has 0 saturated heterocycles. The summed E-state index contributed by atoms with van der Waals surface area (Å²) in [4.78, 5) is 5.27. The second-order valence-corrected chi connectivity index (χ2v) is 2.69. The van der Waals surface area contributed by atoms with E-state index in [-0.39, 0.29) is 0 Å². The highest BCUT2D eigenvalue weighted by Crippen LogP contribution is 2.15. The minimum Gasteiger partial charge on any atom is -0.245 e. The molecular formula is C8H9NS. The summed E-state index contributed by atoms with van der Waals surface area (Å²) in [6, 6.07) is 0. The van der Waals surface area contributed by atoms with E-state index in [9.17, 15) is 0 Å². The van der Waals surface area contributed by atoms with Crippen molar-refractivity contribution in [1.82, 2.24) is 4.98 Å². The van der Waals surface area contributed by atoms with E-state index in [1.54, 1.807) is 11.3 Å². The SMILES string of the molecule is C=Cc1scnc1/C=C\C. The van der Waals surface area contributed by atoms with Crippen LogP contribution in [0.15, 0.2) is 18.2 Å². The monoisotopic (exact) mass is 151 g/mol. The Balaban J connectivity index is 3.00. The minimum atomic E-state index is 1.02. The van der Waals surface area contributed by atoms with Crippen molar-refractivity contribution in [3.8, 4) is 0 Å². The summed E-state index contributed by atoms with van der Waals surface area (Å²) in [5, 5.41) is 0. The minimum absolute atomic E-state index is 1.02. The summed E-state index contributed by atoms with van der Waals surface area (Å²) in [5.41, 5.74) is 2.84. The van der Waals surface area contributed by atoms with Crippen LogP contribution in [0.1, 0.15) is 17.5 Å². The van der Waals surface area contributed by atoms with Crippen molar-refractivity contribution in [1.29, 1.82) is 0 Å². The van der Waals surface area contributed by atoms with E-state index in [0.29, 0.717) is 0 Å². The third-order valence-electron chi connectivity index (χ3n) is 1.13. The van der Waals surface area contributed by atoms with Crippen molar-refractivity contribution in [2.24, 2.45) is 0 Å². The first-order valence-electron chi connectivity index (χ1n) is 3.07. The molecular weight excluding hydrogens is 142 g/mol. The molecule has 0 atom stereocenters. The summed E-state index contributed by atoms with van der Waals surface area (Å²) >= 11 is 1.61. The highest BCUT2D eigenvalue weighted by molar-refractivity contribution is 7.10. The number of aromatic nitrogens is 1. The van der Waals surface area contributed by atoms with Gasteiger partial charge in [-0.05, 0) is 19.1 Å². The van der Waals surface area contributed by atoms with Gasteiger partial charge in [0, 0.05) is 0 Å². The van der Waals surface area contributed by atoms with Crippen molar-refractivity contribution in [3.63, 3.8) is 0 Å². The zero-order valence-electron chi connectivity index (χ0n) is 5.87. The van der Waals surface area contributed by atoms with Crippen molar-refractivity contribution in [3.05, 3.63) is 28.7 Å². The summed E-state index contributed by atoms with van der Waals surface area (Å²) < 4.78 is 0. The zero-order chi connectivity index (χ0) is 7.40. The number of rotatable bonds is 2. The molecule has 1 nitrogen and oxygen atoms in total. The average Bonchev–Trinajstić information content (AvgIpc) is 2.36. The Morgan fingerprint density at radius 3 is 3.10 bits per heavy atom. The molecule has 1 aromatic heterocycles. The van der Waals surface area contributed by atoms with Crippen LogP contribution in [0.5, 0.6) is 0 Å². The molecule has 10 heavy (non-hydrogen) atoms. The largest absolute Gasteiger partial charge is 0.245 e. The van der Waals surface area contributed by atoms with Crippen molar-refractivity contribution in [2.45, 2.75) is 6.92 Å². The van der Waals surface area contributed by atoms with Crippen LogP contribution in [0, 0.1) is 0 Å². The lowest BCUT2D eigenvalue weighted by atomic mass is 10.3. The van der Waals surface area contributed by atoms with Crippen LogP contribution < -0.4 is 0 Å². The summed E-state index contributed by atoms with van der Waals surface area (Å²) in [6.07, 6.45) is 5.78. The van der Waals surface area contributed by atoms with Crippen LogP contribution in [-0.4, -0.2) is 4.98 Å². The highest BCUT2D eigenvalue weighted by Gasteiger charge is 1.95. The van der Waals surface area contributed by atoms with E-state index in [1.165, 1.54) is 0 Å². The predicted molar refractivity (Wildman–Crippen MR) is 46.9 cm³/mol. The second-order valence-electron chi connectivity index (χ2n) is 1.81. The Labute approximate surface area is 64.7 Å². The van der Waals surface area contributed by atoms with Crippen LogP contribution in [-0.2, 0) is 0 Å². The number of hydrogen-bond donors (Lipinski definition) is 0. The molecule has 1 rings (SSSR count). The van der Waals surface area contributed by atoms with Gasteiger partial charge in [0.05, 0.1) is 16.1 Å². The van der Waals surface area contributed by atoms with Gasteiger partial charge in [0.25, 0.3) is 0 Å². The third-order valence-corrected chi connectivity index (χ3v) is 1.97. The van der Waals surface area contributed by atoms with Gasteiger partial charge in [-0.1, -0.05) is 12.7 Å². The fraction of sp³-hybridized carbons (Fsp3) is 0.125. The van der Waals surface area contributed by atoms with E-state index in [0.717, 1.165) is 10.6 Å². The van der Waals surface area contributed by atoms with E-state index < -0.39 is 0 Å². The summed E-state index contributed by atoms with van der Waals surface area (Å²) in [6.45, 7) is 5.66. The maximum Gasteiger partial charge on any atom is 0.0808 e. The Hall–Kier alpha value is -0.890. The Bertz CT molecular complexity index is 248. The molecule has 0 radical (unpaired) electrons. The van der Waals surface area contributed by atoms with Crippen molar-refractivity contribution in [2.75, 3.05) is 0 Å². The standard InChI is InChI=1S/C8H9NS/c1-3-5-7-8(4-2)10-6-9-7/h3-6H,2H2,1H3/b5-3-. The van der Waals surface area contributed by atoms with Crippen LogP contribution in [0.2, 0.25) is 0 Å². The van der Waals surface area contributed by atoms with Gasteiger partial charge in [-0.15, -0.1) is 11.3 Å². The van der Waals surface area contributed by atoms with Gasteiger partial charge in [-0.25, -0.2) is 4.98 Å². The lowest BCUT2D eigenvalue weighted by Crippen LogP contribution is -1.71. The summed E-state index contributed by atoms with van der Waals surface area (Å²) in [5.74, 6) is 0. The molecule has 0 fully saturated rings. The normalized spacial score (nSPS) is 10.5. The Morgan fingerprint density at radius 2 is 2.50 bits per heavy atom. The maximum absolute atomic E-state index is 4.14. The number of allylic oxidation sites excluding steroid dienone is 1. The van der Waals surface area contributed by atoms with Crippen molar-refractivity contribution < 1.29 is 0 Å².